The number of allylic oxidation sites excluding steroid dienone is 1. The minimum atomic E-state index is -0.532. The average molecular weight is 433 g/mol. The van der Waals surface area contributed by atoms with Crippen molar-refractivity contribution in [1.29, 1.82) is 0 Å². The minimum absolute atomic E-state index is 0.0838. The molecule has 0 bridgehead atoms. The number of nitrogens with one attached hydrogen (secondary N) is 1. The monoisotopic (exact) mass is 431 g/mol. The van der Waals surface area contributed by atoms with E-state index in [1.165, 1.54) is 49.0 Å². The lowest BCUT2D eigenvalue weighted by Gasteiger charge is -2.16. The summed E-state index contributed by atoms with van der Waals surface area (Å²) in [6.07, 6.45) is 1.75. The van der Waals surface area contributed by atoms with Crippen LogP contribution in [-0.4, -0.2) is 12.0 Å². The summed E-state index contributed by atoms with van der Waals surface area (Å²) >= 11 is 10.5. The lowest BCUT2D eigenvalue weighted by atomic mass is 10.0. The average Bonchev–Trinajstić information content (AvgIpc) is 2.51. The normalized spacial score (nSPS) is 11.9. The third-order valence-corrected chi connectivity index (χ3v) is 4.87. The zero-order valence-corrected chi connectivity index (χ0v) is 16.0. The molecule has 0 amide bonds. The molecule has 2 rings (SSSR count). The molecule has 0 aromatic heterocycles. The number of thioether (sulfide) groups is 1. The van der Waals surface area contributed by atoms with Gasteiger partial charge >= 0.3 is 0 Å². The van der Waals surface area contributed by atoms with Gasteiger partial charge in [-0.1, -0.05) is 39.7 Å². The van der Waals surface area contributed by atoms with Crippen molar-refractivity contribution in [3.8, 4) is 0 Å². The van der Waals surface area contributed by atoms with Gasteiger partial charge in [-0.25, -0.2) is 8.78 Å². The number of anilines is 1. The molecule has 126 valence electrons. The molecule has 0 saturated carbocycles. The second-order valence-corrected chi connectivity index (χ2v) is 6.89. The molecule has 0 saturated heterocycles. The van der Waals surface area contributed by atoms with Gasteiger partial charge in [0.15, 0.2) is 5.78 Å². The number of halogens is 4. The Morgan fingerprint density at radius 1 is 1.25 bits per heavy atom. The van der Waals surface area contributed by atoms with E-state index in [-0.39, 0.29) is 16.5 Å². The number of hydrogen-bond acceptors (Lipinski definition) is 3. The summed E-state index contributed by atoms with van der Waals surface area (Å²) in [5.74, 6) is -1.20. The van der Waals surface area contributed by atoms with Crippen molar-refractivity contribution in [2.24, 2.45) is 0 Å². The highest BCUT2D eigenvalue weighted by Gasteiger charge is 2.19. The molecule has 7 heteroatoms. The van der Waals surface area contributed by atoms with E-state index in [4.69, 9.17) is 11.6 Å². The van der Waals surface area contributed by atoms with Crippen LogP contribution < -0.4 is 5.32 Å². The highest BCUT2D eigenvalue weighted by molar-refractivity contribution is 9.10. The Morgan fingerprint density at radius 3 is 2.50 bits per heavy atom. The zero-order chi connectivity index (χ0) is 17.9. The first-order chi connectivity index (χ1) is 11.3. The van der Waals surface area contributed by atoms with Crippen LogP contribution in [0.4, 0.5) is 14.5 Å². The number of para-hydroxylation sites is 1. The molecule has 0 fully saturated rings. The van der Waals surface area contributed by atoms with Gasteiger partial charge in [-0.15, -0.1) is 11.8 Å². The first-order valence-corrected chi connectivity index (χ1v) is 9.20. The molecular formula is C17H13BrClF2NOS. The van der Waals surface area contributed by atoms with E-state index in [2.05, 4.69) is 21.2 Å². The third-order valence-electron chi connectivity index (χ3n) is 3.19. The third kappa shape index (κ3) is 4.18. The lowest BCUT2D eigenvalue weighted by Crippen LogP contribution is -2.08. The fourth-order valence-electron chi connectivity index (χ4n) is 2.11. The summed E-state index contributed by atoms with van der Waals surface area (Å²) in [5.41, 5.74) is 0.905. The Labute approximate surface area is 156 Å². The van der Waals surface area contributed by atoms with E-state index in [1.54, 1.807) is 12.3 Å². The maximum absolute atomic E-state index is 14.0. The summed E-state index contributed by atoms with van der Waals surface area (Å²) in [7, 11) is 0. The van der Waals surface area contributed by atoms with Crippen LogP contribution in [0, 0.1) is 11.6 Å². The Kier molecular flexibility index (Phi) is 6.43. The maximum atomic E-state index is 14.0. The number of carbonyl (C=O) groups is 1. The molecule has 2 nitrogen and oxygen atoms in total. The fraction of sp³-hybridized carbons (Fsp3) is 0.118. The van der Waals surface area contributed by atoms with Crippen LogP contribution in [0.2, 0.25) is 5.02 Å². The van der Waals surface area contributed by atoms with E-state index in [0.717, 1.165) is 0 Å². The molecule has 0 aliphatic heterocycles. The summed E-state index contributed by atoms with van der Waals surface area (Å²) in [4.78, 5) is 12.2. The number of rotatable bonds is 5. The van der Waals surface area contributed by atoms with E-state index in [9.17, 15) is 13.6 Å². The lowest BCUT2D eigenvalue weighted by molar-refractivity contribution is -0.111. The molecule has 0 atom stereocenters. The number of hydrogen-bond donors (Lipinski definition) is 1. The summed E-state index contributed by atoms with van der Waals surface area (Å²) in [6, 6.07) is 8.34. The topological polar surface area (TPSA) is 29.1 Å². The Bertz CT molecular complexity index is 806. The number of carbonyl (C=O) groups excluding carboxylic acids is 1. The highest BCUT2D eigenvalue weighted by Crippen LogP contribution is 2.35. The molecule has 0 aliphatic carbocycles. The van der Waals surface area contributed by atoms with Crippen molar-refractivity contribution in [2.45, 2.75) is 6.92 Å². The SMILES string of the molecule is CS/C(Nc1c(F)cccc1Cl)=C(/C(C)=O)c1ccc(F)cc1Br. The molecule has 0 radical (unpaired) electrons. The van der Waals surface area contributed by atoms with Crippen LogP contribution in [0.25, 0.3) is 5.57 Å². The Balaban J connectivity index is 2.61. The predicted octanol–water partition coefficient (Wildman–Crippen LogP) is 6.11. The number of Topliss-reactive ketones (excluding diaryl/α,β-unsaturated/α-hetero) is 1. The van der Waals surface area contributed by atoms with Gasteiger partial charge in [0, 0.05) is 10.0 Å². The molecule has 0 unspecified atom stereocenters. The second kappa shape index (κ2) is 8.14. The van der Waals surface area contributed by atoms with Crippen LogP contribution >= 0.6 is 39.3 Å². The quantitative estimate of drug-likeness (QED) is 0.578. The zero-order valence-electron chi connectivity index (χ0n) is 12.8. The molecule has 24 heavy (non-hydrogen) atoms. The van der Waals surface area contributed by atoms with Crippen LogP contribution in [-0.2, 0) is 4.79 Å². The summed E-state index contributed by atoms with van der Waals surface area (Å²) in [6.45, 7) is 1.39. The molecular weight excluding hydrogens is 420 g/mol. The van der Waals surface area contributed by atoms with Gasteiger partial charge < -0.3 is 5.32 Å². The van der Waals surface area contributed by atoms with Crippen molar-refractivity contribution in [3.05, 3.63) is 68.1 Å². The van der Waals surface area contributed by atoms with Crippen LogP contribution in [0.3, 0.4) is 0 Å². The van der Waals surface area contributed by atoms with Crippen LogP contribution in [0.15, 0.2) is 45.9 Å². The van der Waals surface area contributed by atoms with Gasteiger partial charge in [0.05, 0.1) is 21.3 Å². The highest BCUT2D eigenvalue weighted by atomic mass is 79.9. The van der Waals surface area contributed by atoms with Gasteiger partial charge in [0.1, 0.15) is 11.6 Å². The van der Waals surface area contributed by atoms with E-state index in [0.29, 0.717) is 20.6 Å². The van der Waals surface area contributed by atoms with Crippen molar-refractivity contribution < 1.29 is 13.6 Å². The molecule has 0 spiro atoms. The first-order valence-electron chi connectivity index (χ1n) is 6.80. The van der Waals surface area contributed by atoms with Crippen LogP contribution in [0.5, 0.6) is 0 Å². The fourth-order valence-corrected chi connectivity index (χ4v) is 3.53. The van der Waals surface area contributed by atoms with Crippen molar-refractivity contribution in [1.82, 2.24) is 0 Å². The molecule has 1 N–H and O–H groups in total. The standard InChI is InChI=1S/C17H13BrClF2NOS/c1-9(23)15(11-7-6-10(20)8-12(11)18)17(24-2)22-16-13(19)4-3-5-14(16)21/h3-8,22H,1-2H3/b17-15-. The van der Waals surface area contributed by atoms with Gasteiger partial charge in [0.25, 0.3) is 0 Å². The minimum Gasteiger partial charge on any atom is -0.346 e. The molecule has 2 aromatic rings. The van der Waals surface area contributed by atoms with Gasteiger partial charge in [-0.3, -0.25) is 4.79 Å². The van der Waals surface area contributed by atoms with Crippen molar-refractivity contribution in [3.63, 3.8) is 0 Å². The van der Waals surface area contributed by atoms with E-state index >= 15 is 0 Å². The largest absolute Gasteiger partial charge is 0.346 e. The van der Waals surface area contributed by atoms with Gasteiger partial charge in [-0.05, 0) is 37.4 Å². The molecule has 2 aromatic carbocycles. The van der Waals surface area contributed by atoms with Crippen molar-refractivity contribution in [2.75, 3.05) is 11.6 Å². The smallest absolute Gasteiger partial charge is 0.163 e. The number of ketones is 1. The molecule has 0 aliphatic rings. The Hall–Kier alpha value is -1.37. The van der Waals surface area contributed by atoms with Gasteiger partial charge in [0.2, 0.25) is 0 Å². The number of benzene rings is 2. The van der Waals surface area contributed by atoms with E-state index in [1.807, 2.05) is 0 Å². The van der Waals surface area contributed by atoms with E-state index < -0.39 is 11.6 Å². The maximum Gasteiger partial charge on any atom is 0.163 e. The summed E-state index contributed by atoms with van der Waals surface area (Å²) < 4.78 is 27.8. The summed E-state index contributed by atoms with van der Waals surface area (Å²) in [5, 5.41) is 3.50. The predicted molar refractivity (Wildman–Crippen MR) is 100 cm³/mol. The van der Waals surface area contributed by atoms with Crippen molar-refractivity contribution >= 4 is 56.3 Å². The van der Waals surface area contributed by atoms with Crippen LogP contribution in [0.1, 0.15) is 12.5 Å². The Morgan fingerprint density at radius 2 is 1.96 bits per heavy atom. The molecule has 0 heterocycles. The second-order valence-electron chi connectivity index (χ2n) is 4.81. The first kappa shape index (κ1) is 19.0. The van der Waals surface area contributed by atoms with Gasteiger partial charge in [-0.2, -0.15) is 0 Å².